The summed E-state index contributed by atoms with van der Waals surface area (Å²) in [5, 5.41) is 0. The number of anilines is 1. The monoisotopic (exact) mass is 318 g/mol. The van der Waals surface area contributed by atoms with E-state index >= 15 is 0 Å². The molecule has 17 heavy (non-hydrogen) atoms. The molecule has 3 N–H and O–H groups in total. The molecule has 0 spiro atoms. The van der Waals surface area contributed by atoms with E-state index in [-0.39, 0.29) is 16.4 Å². The molecular formula is C11H15BrN2O2S. The Bertz CT molecular complexity index is 555. The van der Waals surface area contributed by atoms with Crippen LogP contribution in [0.2, 0.25) is 0 Å². The van der Waals surface area contributed by atoms with Gasteiger partial charge >= 0.3 is 0 Å². The van der Waals surface area contributed by atoms with Gasteiger partial charge in [0.25, 0.3) is 0 Å². The van der Waals surface area contributed by atoms with Gasteiger partial charge in [-0.15, -0.1) is 0 Å². The topological polar surface area (TPSA) is 72.2 Å². The van der Waals surface area contributed by atoms with Crippen LogP contribution in [0.25, 0.3) is 0 Å². The number of sulfonamides is 1. The highest BCUT2D eigenvalue weighted by Gasteiger charge is 2.47. The number of nitrogens with two attached hydrogens (primary N) is 1. The summed E-state index contributed by atoms with van der Waals surface area (Å²) in [6.07, 6.45) is 0.877. The van der Waals surface area contributed by atoms with Gasteiger partial charge in [0.2, 0.25) is 10.0 Å². The van der Waals surface area contributed by atoms with Crippen LogP contribution in [0.5, 0.6) is 0 Å². The average Bonchev–Trinajstić information content (AvgIpc) is 2.77. The van der Waals surface area contributed by atoms with Crippen molar-refractivity contribution in [1.29, 1.82) is 0 Å². The summed E-state index contributed by atoms with van der Waals surface area (Å²) in [6.45, 7) is 4.08. The number of hydrogen-bond donors (Lipinski definition) is 2. The third-order valence-electron chi connectivity index (χ3n) is 3.09. The van der Waals surface area contributed by atoms with Gasteiger partial charge in [0.1, 0.15) is 0 Å². The Labute approximate surface area is 110 Å². The van der Waals surface area contributed by atoms with E-state index in [0.29, 0.717) is 10.2 Å². The fourth-order valence-corrected chi connectivity index (χ4v) is 3.56. The maximum atomic E-state index is 12.1. The number of nitrogen functional groups attached to an aromatic ring is 1. The molecule has 0 amide bonds. The van der Waals surface area contributed by atoms with Crippen LogP contribution in [0.3, 0.4) is 0 Å². The SMILES string of the molecule is CC1(C)CC1NS(=O)(=O)c1ccc(N)c(Br)c1. The van der Waals surface area contributed by atoms with Crippen LogP contribution < -0.4 is 10.5 Å². The highest BCUT2D eigenvalue weighted by Crippen LogP contribution is 2.45. The van der Waals surface area contributed by atoms with Gasteiger partial charge in [0, 0.05) is 16.2 Å². The number of nitrogens with one attached hydrogen (secondary N) is 1. The predicted molar refractivity (Wildman–Crippen MR) is 71.1 cm³/mol. The lowest BCUT2D eigenvalue weighted by atomic mass is 10.2. The summed E-state index contributed by atoms with van der Waals surface area (Å²) in [6, 6.07) is 4.64. The normalized spacial score (nSPS) is 22.4. The van der Waals surface area contributed by atoms with E-state index in [4.69, 9.17) is 5.73 Å². The van der Waals surface area contributed by atoms with Gasteiger partial charge in [-0.3, -0.25) is 0 Å². The molecule has 1 aromatic rings. The fourth-order valence-electron chi connectivity index (χ4n) is 1.60. The molecule has 2 rings (SSSR count). The molecule has 1 unspecified atom stereocenters. The minimum Gasteiger partial charge on any atom is -0.398 e. The molecule has 0 heterocycles. The molecule has 6 heteroatoms. The molecular weight excluding hydrogens is 304 g/mol. The van der Waals surface area contributed by atoms with Crippen molar-refractivity contribution in [2.75, 3.05) is 5.73 Å². The zero-order valence-corrected chi connectivity index (χ0v) is 12.1. The second-order valence-corrected chi connectivity index (χ2v) is 7.62. The summed E-state index contributed by atoms with van der Waals surface area (Å²) in [5.74, 6) is 0. The summed E-state index contributed by atoms with van der Waals surface area (Å²) >= 11 is 3.23. The first-order chi connectivity index (χ1) is 7.72. The molecule has 0 radical (unpaired) electrons. The summed E-state index contributed by atoms with van der Waals surface area (Å²) in [4.78, 5) is 0.237. The van der Waals surface area contributed by atoms with E-state index in [1.165, 1.54) is 12.1 Å². The second kappa shape index (κ2) is 3.96. The van der Waals surface area contributed by atoms with Crippen molar-refractivity contribution in [3.63, 3.8) is 0 Å². The first kappa shape index (κ1) is 12.9. The largest absolute Gasteiger partial charge is 0.398 e. The molecule has 1 aliphatic carbocycles. The number of hydrogen-bond acceptors (Lipinski definition) is 3. The van der Waals surface area contributed by atoms with E-state index in [0.717, 1.165) is 6.42 Å². The van der Waals surface area contributed by atoms with E-state index in [2.05, 4.69) is 20.7 Å². The molecule has 1 fully saturated rings. The predicted octanol–water partition coefficient (Wildman–Crippen LogP) is 2.11. The molecule has 0 saturated heterocycles. The highest BCUT2D eigenvalue weighted by molar-refractivity contribution is 9.10. The van der Waals surface area contributed by atoms with Crippen LogP contribution >= 0.6 is 15.9 Å². The van der Waals surface area contributed by atoms with Gasteiger partial charge in [0.15, 0.2) is 0 Å². The lowest BCUT2D eigenvalue weighted by Crippen LogP contribution is -2.28. The minimum absolute atomic E-state index is 0.0313. The highest BCUT2D eigenvalue weighted by atomic mass is 79.9. The van der Waals surface area contributed by atoms with Gasteiger partial charge in [-0.2, -0.15) is 0 Å². The minimum atomic E-state index is -3.44. The molecule has 1 aromatic carbocycles. The van der Waals surface area contributed by atoms with Crippen LogP contribution in [-0.4, -0.2) is 14.5 Å². The van der Waals surface area contributed by atoms with Crippen molar-refractivity contribution >= 4 is 31.6 Å². The molecule has 0 aromatic heterocycles. The molecule has 0 aliphatic heterocycles. The zero-order valence-electron chi connectivity index (χ0n) is 9.70. The Morgan fingerprint density at radius 1 is 1.47 bits per heavy atom. The Morgan fingerprint density at radius 2 is 2.06 bits per heavy atom. The van der Waals surface area contributed by atoms with E-state index in [1.807, 2.05) is 13.8 Å². The smallest absolute Gasteiger partial charge is 0.240 e. The molecule has 1 aliphatic rings. The average molecular weight is 319 g/mol. The van der Waals surface area contributed by atoms with Crippen LogP contribution in [-0.2, 0) is 10.0 Å². The summed E-state index contributed by atoms with van der Waals surface area (Å²) in [7, 11) is -3.44. The third kappa shape index (κ3) is 2.64. The molecule has 4 nitrogen and oxygen atoms in total. The third-order valence-corrected chi connectivity index (χ3v) is 5.25. The molecule has 0 bridgehead atoms. The maximum absolute atomic E-state index is 12.1. The van der Waals surface area contributed by atoms with Gasteiger partial charge in [-0.05, 0) is 46.0 Å². The molecule has 94 valence electrons. The quantitative estimate of drug-likeness (QED) is 0.838. The molecule has 1 atom stereocenters. The maximum Gasteiger partial charge on any atom is 0.240 e. The lowest BCUT2D eigenvalue weighted by Gasteiger charge is -2.09. The zero-order chi connectivity index (χ0) is 12.8. The Balaban J connectivity index is 2.23. The number of benzene rings is 1. The fraction of sp³-hybridized carbons (Fsp3) is 0.455. The Hall–Kier alpha value is -0.590. The van der Waals surface area contributed by atoms with Crippen molar-refractivity contribution in [3.8, 4) is 0 Å². The Kier molecular flexibility index (Phi) is 3.00. The number of halogens is 1. The van der Waals surface area contributed by atoms with Crippen LogP contribution in [0.4, 0.5) is 5.69 Å². The van der Waals surface area contributed by atoms with E-state index in [1.54, 1.807) is 6.07 Å². The van der Waals surface area contributed by atoms with Crippen molar-refractivity contribution < 1.29 is 8.42 Å². The van der Waals surface area contributed by atoms with Crippen molar-refractivity contribution in [2.45, 2.75) is 31.2 Å². The summed E-state index contributed by atoms with van der Waals surface area (Å²) in [5.41, 5.74) is 6.22. The van der Waals surface area contributed by atoms with Gasteiger partial charge < -0.3 is 5.73 Å². The second-order valence-electron chi connectivity index (χ2n) is 5.05. The van der Waals surface area contributed by atoms with E-state index < -0.39 is 10.0 Å². The van der Waals surface area contributed by atoms with Gasteiger partial charge in [-0.25, -0.2) is 13.1 Å². The van der Waals surface area contributed by atoms with Crippen LogP contribution in [0.15, 0.2) is 27.6 Å². The van der Waals surface area contributed by atoms with Crippen molar-refractivity contribution in [3.05, 3.63) is 22.7 Å². The van der Waals surface area contributed by atoms with Gasteiger partial charge in [-0.1, -0.05) is 13.8 Å². The first-order valence-corrected chi connectivity index (χ1v) is 7.57. The number of rotatable bonds is 3. The first-order valence-electron chi connectivity index (χ1n) is 5.30. The van der Waals surface area contributed by atoms with Crippen molar-refractivity contribution in [1.82, 2.24) is 4.72 Å². The van der Waals surface area contributed by atoms with Crippen molar-refractivity contribution in [2.24, 2.45) is 5.41 Å². The van der Waals surface area contributed by atoms with Crippen LogP contribution in [0, 0.1) is 5.41 Å². The van der Waals surface area contributed by atoms with Gasteiger partial charge in [0.05, 0.1) is 4.90 Å². The Morgan fingerprint density at radius 3 is 2.53 bits per heavy atom. The lowest BCUT2D eigenvalue weighted by molar-refractivity contribution is 0.555. The molecule has 1 saturated carbocycles. The standard InChI is InChI=1S/C11H15BrN2O2S/c1-11(2)6-10(11)14-17(15,16)7-3-4-9(13)8(12)5-7/h3-5,10,14H,6,13H2,1-2H3. The summed E-state index contributed by atoms with van der Waals surface area (Å²) < 4.78 is 27.4. The van der Waals surface area contributed by atoms with E-state index in [9.17, 15) is 8.42 Å². The van der Waals surface area contributed by atoms with Crippen LogP contribution in [0.1, 0.15) is 20.3 Å².